The van der Waals surface area contributed by atoms with Crippen molar-refractivity contribution in [3.63, 3.8) is 0 Å². The SMILES string of the molecule is COC(=O)[C@@H](C[C@@H](C)C#N)NC(=O)[C@@H](Cc1cccc(F)c1)NC(C)=O. The summed E-state index contributed by atoms with van der Waals surface area (Å²) in [7, 11) is 1.18. The Hall–Kier alpha value is -2.95. The van der Waals surface area contributed by atoms with Crippen molar-refractivity contribution < 1.29 is 23.5 Å². The fourth-order valence-corrected chi connectivity index (χ4v) is 2.39. The van der Waals surface area contributed by atoms with Gasteiger partial charge in [0.2, 0.25) is 11.8 Å². The van der Waals surface area contributed by atoms with Gasteiger partial charge >= 0.3 is 5.97 Å². The molecule has 2 amide bonds. The van der Waals surface area contributed by atoms with Crippen LogP contribution < -0.4 is 10.6 Å². The van der Waals surface area contributed by atoms with Crippen LogP contribution in [0.2, 0.25) is 0 Å². The molecule has 0 aliphatic rings. The number of ether oxygens (including phenoxy) is 1. The lowest BCUT2D eigenvalue weighted by atomic mass is 10.0. The number of nitrogens with one attached hydrogen (secondary N) is 2. The highest BCUT2D eigenvalue weighted by Crippen LogP contribution is 2.10. The van der Waals surface area contributed by atoms with E-state index >= 15 is 0 Å². The number of nitrogens with zero attached hydrogens (tertiary/aromatic N) is 1. The van der Waals surface area contributed by atoms with E-state index in [1.165, 1.54) is 32.2 Å². The molecule has 0 aliphatic carbocycles. The highest BCUT2D eigenvalue weighted by molar-refractivity contribution is 5.90. The molecule has 1 aromatic carbocycles. The quantitative estimate of drug-likeness (QED) is 0.672. The second-order valence-electron chi connectivity index (χ2n) is 5.94. The molecule has 1 aromatic rings. The number of nitriles is 1. The topological polar surface area (TPSA) is 108 Å². The molecule has 3 atom stereocenters. The van der Waals surface area contributed by atoms with Crippen molar-refractivity contribution in [1.29, 1.82) is 5.26 Å². The highest BCUT2D eigenvalue weighted by Gasteiger charge is 2.28. The smallest absolute Gasteiger partial charge is 0.328 e. The van der Waals surface area contributed by atoms with Crippen LogP contribution in [0.15, 0.2) is 24.3 Å². The molecule has 26 heavy (non-hydrogen) atoms. The Bertz CT molecular complexity index is 702. The van der Waals surface area contributed by atoms with Crippen LogP contribution in [0.25, 0.3) is 0 Å². The van der Waals surface area contributed by atoms with E-state index in [0.717, 1.165) is 0 Å². The summed E-state index contributed by atoms with van der Waals surface area (Å²) in [5.41, 5.74) is 0.513. The van der Waals surface area contributed by atoms with Crippen LogP contribution in [-0.4, -0.2) is 37.0 Å². The van der Waals surface area contributed by atoms with Gasteiger partial charge in [0, 0.05) is 19.3 Å². The van der Waals surface area contributed by atoms with E-state index in [0.29, 0.717) is 5.56 Å². The first-order chi connectivity index (χ1) is 12.3. The summed E-state index contributed by atoms with van der Waals surface area (Å²) in [5.74, 6) is -2.69. The first-order valence-corrected chi connectivity index (χ1v) is 8.06. The Morgan fingerprint density at radius 2 is 1.96 bits per heavy atom. The van der Waals surface area contributed by atoms with Crippen LogP contribution in [0.4, 0.5) is 4.39 Å². The van der Waals surface area contributed by atoms with Gasteiger partial charge in [0.25, 0.3) is 0 Å². The van der Waals surface area contributed by atoms with Crippen molar-refractivity contribution in [2.24, 2.45) is 5.92 Å². The summed E-state index contributed by atoms with van der Waals surface area (Å²) in [5, 5.41) is 13.9. The van der Waals surface area contributed by atoms with Crippen molar-refractivity contribution in [1.82, 2.24) is 10.6 Å². The zero-order chi connectivity index (χ0) is 19.7. The van der Waals surface area contributed by atoms with Gasteiger partial charge < -0.3 is 15.4 Å². The maximum Gasteiger partial charge on any atom is 0.328 e. The summed E-state index contributed by atoms with van der Waals surface area (Å²) in [6.07, 6.45) is 0.118. The second kappa shape index (κ2) is 10.1. The molecule has 0 bridgehead atoms. The third-order valence-corrected chi connectivity index (χ3v) is 3.63. The Morgan fingerprint density at radius 3 is 2.50 bits per heavy atom. The largest absolute Gasteiger partial charge is 0.467 e. The van der Waals surface area contributed by atoms with E-state index < -0.39 is 41.6 Å². The third-order valence-electron chi connectivity index (χ3n) is 3.63. The van der Waals surface area contributed by atoms with Crippen LogP contribution in [0.3, 0.4) is 0 Å². The molecule has 0 radical (unpaired) electrons. The van der Waals surface area contributed by atoms with Crippen molar-refractivity contribution in [2.45, 2.75) is 38.8 Å². The molecule has 0 unspecified atom stereocenters. The maximum absolute atomic E-state index is 13.3. The lowest BCUT2D eigenvalue weighted by Crippen LogP contribution is -2.52. The molecule has 0 fully saturated rings. The number of benzene rings is 1. The number of esters is 1. The van der Waals surface area contributed by atoms with Crippen LogP contribution in [0, 0.1) is 23.1 Å². The molecule has 0 aliphatic heterocycles. The van der Waals surface area contributed by atoms with Gasteiger partial charge in [0.15, 0.2) is 0 Å². The summed E-state index contributed by atoms with van der Waals surface area (Å²) < 4.78 is 18.0. The molecule has 1 rings (SSSR count). The molecular weight excluding hydrogens is 341 g/mol. The van der Waals surface area contributed by atoms with Crippen LogP contribution in [-0.2, 0) is 25.5 Å². The standard InChI is InChI=1S/C18H22FN3O4/c1-11(10-20)7-16(18(25)26-3)22-17(24)15(21-12(2)23)9-13-5-4-6-14(19)8-13/h4-6,8,11,15-16H,7,9H2,1-3H3,(H,21,23)(H,22,24)/t11-,15-,16-/m1/s1. The molecule has 0 aromatic heterocycles. The van der Waals surface area contributed by atoms with Gasteiger partial charge in [-0.2, -0.15) is 5.26 Å². The normalized spacial score (nSPS) is 13.7. The van der Waals surface area contributed by atoms with E-state index in [-0.39, 0.29) is 12.8 Å². The first-order valence-electron chi connectivity index (χ1n) is 8.06. The second-order valence-corrected chi connectivity index (χ2v) is 5.94. The van der Waals surface area contributed by atoms with Crippen molar-refractivity contribution in [2.75, 3.05) is 7.11 Å². The zero-order valence-electron chi connectivity index (χ0n) is 14.9. The van der Waals surface area contributed by atoms with E-state index in [1.54, 1.807) is 13.0 Å². The first kappa shape index (κ1) is 21.1. The summed E-state index contributed by atoms with van der Waals surface area (Å²) in [6.45, 7) is 2.86. The summed E-state index contributed by atoms with van der Waals surface area (Å²) in [6, 6.07) is 5.62. The zero-order valence-corrected chi connectivity index (χ0v) is 14.9. The number of rotatable bonds is 8. The number of hydrogen-bond acceptors (Lipinski definition) is 5. The monoisotopic (exact) mass is 363 g/mol. The molecule has 8 heteroatoms. The minimum Gasteiger partial charge on any atom is -0.467 e. The van der Waals surface area contributed by atoms with Crippen LogP contribution >= 0.6 is 0 Å². The van der Waals surface area contributed by atoms with Crippen molar-refractivity contribution >= 4 is 17.8 Å². The van der Waals surface area contributed by atoms with E-state index in [1.807, 2.05) is 6.07 Å². The predicted octanol–water partition coefficient (Wildman–Crippen LogP) is 1.08. The van der Waals surface area contributed by atoms with Gasteiger partial charge in [-0.25, -0.2) is 9.18 Å². The average Bonchev–Trinajstić information content (AvgIpc) is 2.59. The molecular formula is C18H22FN3O4. The molecule has 7 nitrogen and oxygen atoms in total. The van der Waals surface area contributed by atoms with E-state index in [2.05, 4.69) is 15.4 Å². The molecule has 2 N–H and O–H groups in total. The summed E-state index contributed by atoms with van der Waals surface area (Å²) in [4.78, 5) is 35.8. The molecule has 0 spiro atoms. The van der Waals surface area contributed by atoms with Gasteiger partial charge in [-0.3, -0.25) is 9.59 Å². The Kier molecular flexibility index (Phi) is 8.22. The minimum absolute atomic E-state index is 0.0465. The van der Waals surface area contributed by atoms with Crippen LogP contribution in [0.1, 0.15) is 25.8 Å². The van der Waals surface area contributed by atoms with Gasteiger partial charge in [-0.05, 0) is 31.0 Å². The van der Waals surface area contributed by atoms with Gasteiger partial charge in [-0.15, -0.1) is 0 Å². The van der Waals surface area contributed by atoms with E-state index in [9.17, 15) is 18.8 Å². The number of amides is 2. The number of carbonyl (C=O) groups is 3. The molecule has 0 heterocycles. The Labute approximate surface area is 151 Å². The lowest BCUT2D eigenvalue weighted by molar-refractivity contribution is -0.145. The Balaban J connectivity index is 2.93. The molecule has 0 saturated heterocycles. The van der Waals surface area contributed by atoms with Gasteiger partial charge in [-0.1, -0.05) is 12.1 Å². The molecule has 140 valence electrons. The average molecular weight is 363 g/mol. The van der Waals surface area contributed by atoms with E-state index in [4.69, 9.17) is 5.26 Å². The Morgan fingerprint density at radius 1 is 1.27 bits per heavy atom. The van der Waals surface area contributed by atoms with Crippen molar-refractivity contribution in [3.8, 4) is 6.07 Å². The number of carbonyl (C=O) groups excluding carboxylic acids is 3. The lowest BCUT2D eigenvalue weighted by Gasteiger charge is -2.22. The van der Waals surface area contributed by atoms with Gasteiger partial charge in [0.05, 0.1) is 13.2 Å². The van der Waals surface area contributed by atoms with Crippen molar-refractivity contribution in [3.05, 3.63) is 35.6 Å². The minimum atomic E-state index is -1.02. The van der Waals surface area contributed by atoms with Crippen LogP contribution in [0.5, 0.6) is 0 Å². The number of methoxy groups -OCH3 is 1. The fourth-order valence-electron chi connectivity index (χ4n) is 2.39. The fraction of sp³-hybridized carbons (Fsp3) is 0.444. The van der Waals surface area contributed by atoms with Gasteiger partial charge in [0.1, 0.15) is 17.9 Å². The summed E-state index contributed by atoms with van der Waals surface area (Å²) >= 11 is 0. The number of hydrogen-bond donors (Lipinski definition) is 2. The highest BCUT2D eigenvalue weighted by atomic mass is 19.1. The predicted molar refractivity (Wildman–Crippen MR) is 91.0 cm³/mol. The molecule has 0 saturated carbocycles. The third kappa shape index (κ3) is 6.89. The maximum atomic E-state index is 13.3. The number of halogens is 1.